The van der Waals surface area contributed by atoms with Crippen molar-refractivity contribution in [1.29, 1.82) is 0 Å². The van der Waals surface area contributed by atoms with Crippen LogP contribution in [-0.4, -0.2) is 23.0 Å². The van der Waals surface area contributed by atoms with Crippen molar-refractivity contribution < 1.29 is 14.7 Å². The molecule has 1 amide bonds. The molecule has 2 rings (SSSR count). The summed E-state index contributed by atoms with van der Waals surface area (Å²) in [6.45, 7) is 0. The largest absolute Gasteiger partial charge is 0.481 e. The fraction of sp³-hybridized carbons (Fsp3) is 0.333. The van der Waals surface area contributed by atoms with Crippen molar-refractivity contribution in [3.63, 3.8) is 0 Å². The van der Waals surface area contributed by atoms with Gasteiger partial charge in [0.2, 0.25) is 5.91 Å². The molecule has 20 heavy (non-hydrogen) atoms. The van der Waals surface area contributed by atoms with Crippen molar-refractivity contribution in [1.82, 2.24) is 5.32 Å². The molecule has 1 aliphatic rings. The molecule has 0 aromatic heterocycles. The maximum atomic E-state index is 11.8. The van der Waals surface area contributed by atoms with E-state index in [0.29, 0.717) is 18.5 Å². The van der Waals surface area contributed by atoms with Crippen molar-refractivity contribution in [2.24, 2.45) is 5.92 Å². The second-order valence-electron chi connectivity index (χ2n) is 5.06. The monoisotopic (exact) mass is 274 g/mol. The Balaban J connectivity index is 1.86. The van der Waals surface area contributed by atoms with Gasteiger partial charge >= 0.3 is 5.97 Å². The number of hydrogen-bond donors (Lipinski definition) is 3. The van der Waals surface area contributed by atoms with E-state index in [9.17, 15) is 9.59 Å². The van der Waals surface area contributed by atoms with Crippen molar-refractivity contribution >= 4 is 23.6 Å². The summed E-state index contributed by atoms with van der Waals surface area (Å²) >= 11 is 0. The van der Waals surface area contributed by atoms with E-state index in [1.54, 1.807) is 18.2 Å². The summed E-state index contributed by atoms with van der Waals surface area (Å²) in [4.78, 5) is 22.6. The SMILES string of the molecule is Nc1cccc(/C=C/C(=O)N[C@H]2CC[C@@H](C(=O)O)C2)c1. The molecule has 0 heterocycles. The average Bonchev–Trinajstić information content (AvgIpc) is 2.85. The minimum Gasteiger partial charge on any atom is -0.481 e. The van der Waals surface area contributed by atoms with Crippen LogP contribution in [0.4, 0.5) is 5.69 Å². The second kappa shape index (κ2) is 6.23. The van der Waals surface area contributed by atoms with Crippen molar-refractivity contribution in [3.05, 3.63) is 35.9 Å². The molecule has 1 aromatic rings. The number of benzene rings is 1. The predicted octanol–water partition coefficient (Wildman–Crippen LogP) is 1.65. The Morgan fingerprint density at radius 3 is 2.80 bits per heavy atom. The lowest BCUT2D eigenvalue weighted by molar-refractivity contribution is -0.141. The van der Waals surface area contributed by atoms with Crippen molar-refractivity contribution in [2.75, 3.05) is 5.73 Å². The predicted molar refractivity (Wildman–Crippen MR) is 76.8 cm³/mol. The molecule has 4 N–H and O–H groups in total. The van der Waals surface area contributed by atoms with E-state index in [1.165, 1.54) is 6.08 Å². The zero-order valence-electron chi connectivity index (χ0n) is 11.1. The fourth-order valence-corrected chi connectivity index (χ4v) is 2.42. The summed E-state index contributed by atoms with van der Waals surface area (Å²) in [6, 6.07) is 7.19. The average molecular weight is 274 g/mol. The molecule has 1 fully saturated rings. The summed E-state index contributed by atoms with van der Waals surface area (Å²) in [7, 11) is 0. The molecule has 0 saturated heterocycles. The minimum absolute atomic E-state index is 0.0471. The first kappa shape index (κ1) is 14.1. The van der Waals surface area contributed by atoms with Gasteiger partial charge in [0.05, 0.1) is 5.92 Å². The van der Waals surface area contributed by atoms with Gasteiger partial charge in [0.25, 0.3) is 0 Å². The third kappa shape index (κ3) is 3.85. The summed E-state index contributed by atoms with van der Waals surface area (Å²) in [5.41, 5.74) is 7.15. The number of carboxylic acids is 1. The molecule has 2 atom stereocenters. The van der Waals surface area contributed by atoms with E-state index < -0.39 is 5.97 Å². The van der Waals surface area contributed by atoms with Gasteiger partial charge in [-0.15, -0.1) is 0 Å². The lowest BCUT2D eigenvalue weighted by atomic mass is 10.1. The molecular weight excluding hydrogens is 256 g/mol. The van der Waals surface area contributed by atoms with Gasteiger partial charge < -0.3 is 16.2 Å². The smallest absolute Gasteiger partial charge is 0.306 e. The molecule has 1 saturated carbocycles. The first-order valence-electron chi connectivity index (χ1n) is 6.61. The second-order valence-corrected chi connectivity index (χ2v) is 5.06. The highest BCUT2D eigenvalue weighted by atomic mass is 16.4. The van der Waals surface area contributed by atoms with Gasteiger partial charge in [-0.05, 0) is 43.0 Å². The van der Waals surface area contributed by atoms with E-state index in [2.05, 4.69) is 5.32 Å². The van der Waals surface area contributed by atoms with Crippen LogP contribution in [0.15, 0.2) is 30.3 Å². The fourth-order valence-electron chi connectivity index (χ4n) is 2.42. The number of anilines is 1. The standard InChI is InChI=1S/C15H18N2O3/c16-12-3-1-2-10(8-12)4-7-14(18)17-13-6-5-11(9-13)15(19)20/h1-4,7-8,11,13H,5-6,9,16H2,(H,17,18)(H,19,20)/b7-4+/t11-,13+/m1/s1. The number of carboxylic acid groups (broad SMARTS) is 1. The Bertz CT molecular complexity index is 540. The zero-order valence-corrected chi connectivity index (χ0v) is 11.1. The van der Waals surface area contributed by atoms with Crippen LogP contribution >= 0.6 is 0 Å². The van der Waals surface area contributed by atoms with E-state index in [0.717, 1.165) is 12.0 Å². The van der Waals surface area contributed by atoms with Crippen molar-refractivity contribution in [3.8, 4) is 0 Å². The Labute approximate surface area is 117 Å². The van der Waals surface area contributed by atoms with Crippen LogP contribution in [0.5, 0.6) is 0 Å². The Hall–Kier alpha value is -2.30. The van der Waals surface area contributed by atoms with Crippen LogP contribution in [0.1, 0.15) is 24.8 Å². The van der Waals surface area contributed by atoms with Crippen LogP contribution in [-0.2, 0) is 9.59 Å². The van der Waals surface area contributed by atoms with Crippen molar-refractivity contribution in [2.45, 2.75) is 25.3 Å². The maximum Gasteiger partial charge on any atom is 0.306 e. The van der Waals surface area contributed by atoms with Crippen LogP contribution in [0.25, 0.3) is 6.08 Å². The normalized spacial score (nSPS) is 22.0. The number of nitrogens with two attached hydrogens (primary N) is 1. The zero-order chi connectivity index (χ0) is 14.5. The number of nitrogens with one attached hydrogen (secondary N) is 1. The molecule has 5 nitrogen and oxygen atoms in total. The van der Waals surface area contributed by atoms with Crippen LogP contribution in [0.3, 0.4) is 0 Å². The van der Waals surface area contributed by atoms with Crippen LogP contribution in [0, 0.1) is 5.92 Å². The minimum atomic E-state index is -0.781. The lowest BCUT2D eigenvalue weighted by Gasteiger charge is -2.10. The highest BCUT2D eigenvalue weighted by Crippen LogP contribution is 2.25. The third-order valence-corrected chi connectivity index (χ3v) is 3.47. The lowest BCUT2D eigenvalue weighted by Crippen LogP contribution is -2.31. The van der Waals surface area contributed by atoms with Gasteiger partial charge in [-0.25, -0.2) is 0 Å². The van der Waals surface area contributed by atoms with Gasteiger partial charge in [-0.2, -0.15) is 0 Å². The van der Waals surface area contributed by atoms with E-state index in [-0.39, 0.29) is 17.9 Å². The summed E-state index contributed by atoms with van der Waals surface area (Å²) < 4.78 is 0. The Morgan fingerprint density at radius 2 is 2.15 bits per heavy atom. The van der Waals surface area contributed by atoms with Crippen LogP contribution < -0.4 is 11.1 Å². The van der Waals surface area contributed by atoms with E-state index in [1.807, 2.05) is 12.1 Å². The number of hydrogen-bond acceptors (Lipinski definition) is 3. The summed E-state index contributed by atoms with van der Waals surface area (Å²) in [5.74, 6) is -1.32. The van der Waals surface area contributed by atoms with E-state index in [4.69, 9.17) is 10.8 Å². The van der Waals surface area contributed by atoms with E-state index >= 15 is 0 Å². The number of amides is 1. The molecule has 5 heteroatoms. The Kier molecular flexibility index (Phi) is 4.40. The number of carbonyl (C=O) groups is 2. The topological polar surface area (TPSA) is 92.4 Å². The first-order valence-corrected chi connectivity index (χ1v) is 6.61. The van der Waals surface area contributed by atoms with Gasteiger partial charge in [0.15, 0.2) is 0 Å². The number of aliphatic carboxylic acids is 1. The quantitative estimate of drug-likeness (QED) is 0.575. The summed E-state index contributed by atoms with van der Waals surface area (Å²) in [5, 5.41) is 11.7. The number of nitrogen functional groups attached to an aromatic ring is 1. The highest BCUT2D eigenvalue weighted by Gasteiger charge is 2.30. The highest BCUT2D eigenvalue weighted by molar-refractivity contribution is 5.92. The molecule has 0 bridgehead atoms. The summed E-state index contributed by atoms with van der Waals surface area (Å²) in [6.07, 6.45) is 4.99. The first-order chi connectivity index (χ1) is 9.54. The molecule has 1 aromatic carbocycles. The molecule has 0 aliphatic heterocycles. The molecule has 0 unspecified atom stereocenters. The molecule has 106 valence electrons. The molecule has 0 radical (unpaired) electrons. The van der Waals surface area contributed by atoms with Crippen LogP contribution in [0.2, 0.25) is 0 Å². The van der Waals surface area contributed by atoms with Gasteiger partial charge in [0.1, 0.15) is 0 Å². The van der Waals surface area contributed by atoms with Gasteiger partial charge in [-0.1, -0.05) is 12.1 Å². The third-order valence-electron chi connectivity index (χ3n) is 3.47. The maximum absolute atomic E-state index is 11.8. The number of carbonyl (C=O) groups excluding carboxylic acids is 1. The Morgan fingerprint density at radius 1 is 1.35 bits per heavy atom. The van der Waals surface area contributed by atoms with Gasteiger partial charge in [-0.3, -0.25) is 9.59 Å². The molecule has 0 spiro atoms. The number of rotatable bonds is 4. The van der Waals surface area contributed by atoms with Gasteiger partial charge in [0, 0.05) is 17.8 Å². The molecular formula is C15H18N2O3. The molecule has 1 aliphatic carbocycles.